The summed E-state index contributed by atoms with van der Waals surface area (Å²) < 4.78 is 28.7. The molecule has 2 aromatic heterocycles. The van der Waals surface area contributed by atoms with Crippen molar-refractivity contribution in [1.29, 1.82) is 0 Å². The molecule has 0 radical (unpaired) electrons. The summed E-state index contributed by atoms with van der Waals surface area (Å²) in [6.45, 7) is 5.81. The van der Waals surface area contributed by atoms with Gasteiger partial charge in [-0.15, -0.1) is 0 Å². The zero-order valence-corrected chi connectivity index (χ0v) is 28.8. The molecule has 0 amide bonds. The summed E-state index contributed by atoms with van der Waals surface area (Å²) >= 11 is 6.56. The minimum Gasteiger partial charge on any atom is -0.354 e. The average molecular weight is 676 g/mol. The van der Waals surface area contributed by atoms with Crippen LogP contribution in [-0.2, 0) is 15.6 Å². The van der Waals surface area contributed by atoms with Crippen molar-refractivity contribution in [3.8, 4) is 0 Å². The lowest BCUT2D eigenvalue weighted by Crippen LogP contribution is -2.58. The smallest absolute Gasteiger partial charge is 0.269 e. The maximum absolute atomic E-state index is 13.8. The molecule has 1 aliphatic heterocycles. The Morgan fingerprint density at radius 1 is 0.792 bits per heavy atom. The molecule has 3 heterocycles. The van der Waals surface area contributed by atoms with E-state index in [1.54, 1.807) is 36.5 Å². The fraction of sp³-hybridized carbons (Fsp3) is 0.231. The van der Waals surface area contributed by atoms with E-state index >= 15 is 0 Å². The Morgan fingerprint density at radius 2 is 1.33 bits per heavy atom. The van der Waals surface area contributed by atoms with E-state index in [0.717, 1.165) is 25.1 Å². The zero-order valence-electron chi connectivity index (χ0n) is 27.2. The number of benzene rings is 4. The van der Waals surface area contributed by atoms with Gasteiger partial charge in [0, 0.05) is 32.4 Å². The number of likely N-dealkylation sites (N-methyl/N-ethyl adjacent to an activating group) is 1. The molecule has 4 aromatic carbocycles. The molecule has 1 saturated heterocycles. The number of rotatable bonds is 8. The van der Waals surface area contributed by atoms with Gasteiger partial charge in [-0.3, -0.25) is 4.90 Å². The molecule has 9 heteroatoms. The van der Waals surface area contributed by atoms with Crippen LogP contribution >= 0.6 is 11.6 Å². The maximum Gasteiger partial charge on any atom is 0.269 e. The predicted octanol–water partition coefficient (Wildman–Crippen LogP) is 7.77. The molecule has 0 aliphatic carbocycles. The van der Waals surface area contributed by atoms with Gasteiger partial charge in [0.15, 0.2) is 5.65 Å². The van der Waals surface area contributed by atoms with E-state index in [0.29, 0.717) is 17.1 Å². The Balaban J connectivity index is 1.33. The van der Waals surface area contributed by atoms with Crippen LogP contribution < -0.4 is 4.90 Å². The van der Waals surface area contributed by atoms with Gasteiger partial charge in [-0.05, 0) is 65.8 Å². The predicted molar refractivity (Wildman–Crippen MR) is 193 cm³/mol. The van der Waals surface area contributed by atoms with E-state index in [1.165, 1.54) is 20.7 Å². The number of nitrogens with zero attached hydrogens (tertiary/aromatic N) is 5. The first-order valence-electron chi connectivity index (χ1n) is 16.2. The Labute approximate surface area is 287 Å². The number of aromatic nitrogens is 3. The van der Waals surface area contributed by atoms with Gasteiger partial charge in [-0.25, -0.2) is 12.4 Å². The van der Waals surface area contributed by atoms with E-state index in [1.807, 2.05) is 14.0 Å². The summed E-state index contributed by atoms with van der Waals surface area (Å²) in [7, 11) is -1.88. The largest absolute Gasteiger partial charge is 0.354 e. The summed E-state index contributed by atoms with van der Waals surface area (Å²) in [6, 6.07) is 40.8. The second-order valence-electron chi connectivity index (χ2n) is 12.7. The minimum absolute atomic E-state index is 0.00377. The molecule has 244 valence electrons. The number of piperidine rings is 1. The number of hydrogen-bond donors (Lipinski definition) is 0. The number of halogens is 1. The molecule has 7 rings (SSSR count). The van der Waals surface area contributed by atoms with Gasteiger partial charge in [0.2, 0.25) is 5.28 Å². The molecule has 48 heavy (non-hydrogen) atoms. The number of fused-ring (bicyclic) bond motifs is 1. The molecule has 0 bridgehead atoms. The summed E-state index contributed by atoms with van der Waals surface area (Å²) in [4.78, 5) is 14.1. The number of anilines is 1. The Kier molecular flexibility index (Phi) is 8.58. The fourth-order valence-corrected chi connectivity index (χ4v) is 8.79. The van der Waals surface area contributed by atoms with Gasteiger partial charge in [-0.2, -0.15) is 9.97 Å². The molecule has 0 spiro atoms. The fourth-order valence-electron chi connectivity index (χ4n) is 7.34. The van der Waals surface area contributed by atoms with Gasteiger partial charge >= 0.3 is 0 Å². The third-order valence-electron chi connectivity index (χ3n) is 9.84. The molecule has 7 nitrogen and oxygen atoms in total. The summed E-state index contributed by atoms with van der Waals surface area (Å²) in [5, 5.41) is 0.623. The summed E-state index contributed by atoms with van der Waals surface area (Å²) in [5.41, 5.74) is 4.28. The third-order valence-corrected chi connectivity index (χ3v) is 11.7. The van der Waals surface area contributed by atoms with E-state index in [2.05, 4.69) is 113 Å². The summed E-state index contributed by atoms with van der Waals surface area (Å²) in [5.74, 6) is 0.916. The first-order valence-corrected chi connectivity index (χ1v) is 18.0. The Morgan fingerprint density at radius 3 is 1.88 bits per heavy atom. The maximum atomic E-state index is 13.8. The van der Waals surface area contributed by atoms with Crippen molar-refractivity contribution in [1.82, 2.24) is 18.8 Å². The highest BCUT2D eigenvalue weighted by Crippen LogP contribution is 2.45. The number of hydrogen-bond acceptors (Lipinski definition) is 6. The molecule has 1 aliphatic rings. The lowest BCUT2D eigenvalue weighted by atomic mass is 9.74. The zero-order chi connectivity index (χ0) is 33.5. The van der Waals surface area contributed by atoms with Crippen LogP contribution in [0.4, 0.5) is 5.82 Å². The van der Waals surface area contributed by atoms with Crippen molar-refractivity contribution in [3.05, 3.63) is 155 Å². The molecule has 0 saturated carbocycles. The van der Waals surface area contributed by atoms with Gasteiger partial charge in [0.1, 0.15) is 5.82 Å². The highest BCUT2D eigenvalue weighted by Gasteiger charge is 2.46. The second kappa shape index (κ2) is 12.8. The Hall–Kier alpha value is -4.50. The normalized spacial score (nSPS) is 17.4. The Bertz CT molecular complexity index is 2040. The highest BCUT2D eigenvalue weighted by atomic mass is 35.5. The van der Waals surface area contributed by atoms with Crippen LogP contribution in [0.3, 0.4) is 0 Å². The topological polar surface area (TPSA) is 71.3 Å². The van der Waals surface area contributed by atoms with Crippen molar-refractivity contribution in [2.75, 3.05) is 25.0 Å². The van der Waals surface area contributed by atoms with Crippen molar-refractivity contribution in [2.45, 2.75) is 36.7 Å². The van der Waals surface area contributed by atoms with Gasteiger partial charge < -0.3 is 4.90 Å². The molecular formula is C39H38ClN5O2S. The molecule has 6 aromatic rings. The lowest BCUT2D eigenvalue weighted by Gasteiger charge is -2.52. The van der Waals surface area contributed by atoms with E-state index in [-0.39, 0.29) is 21.9 Å². The molecule has 2 atom stereocenters. The first-order chi connectivity index (χ1) is 23.2. The molecular weight excluding hydrogens is 638 g/mol. The average Bonchev–Trinajstić information content (AvgIpc) is 3.55. The van der Waals surface area contributed by atoms with Crippen molar-refractivity contribution in [2.24, 2.45) is 5.92 Å². The van der Waals surface area contributed by atoms with Crippen molar-refractivity contribution in [3.63, 3.8) is 0 Å². The van der Waals surface area contributed by atoms with Crippen LogP contribution in [0.1, 0.15) is 35.6 Å². The molecule has 0 N–H and O–H groups in total. The summed E-state index contributed by atoms with van der Waals surface area (Å²) in [6.07, 6.45) is 2.50. The number of aryl methyl sites for hydroxylation is 1. The SMILES string of the molecule is Cc1ccc(S(=O)(=O)n2ccc3c(N(C)[C@H]4CN(C(c5ccccc5)(c5ccccc5)c5ccccc5)CC[C@H]4C)nc(Cl)nc32)cc1. The second-order valence-corrected chi connectivity index (χ2v) is 14.8. The van der Waals surface area contributed by atoms with Gasteiger partial charge in [-0.1, -0.05) is 116 Å². The third kappa shape index (κ3) is 5.48. The molecule has 1 fully saturated rings. The molecule has 0 unspecified atom stereocenters. The number of likely N-dealkylation sites (tertiary alicyclic amines) is 1. The standard InChI is InChI=1S/C39H38ClN5O2S/c1-28-19-21-33(22-20-28)48(46,47)45-26-24-34-36(41-38(40)42-37(34)45)43(3)35-27-44(25-23-29(35)2)39(30-13-7-4-8-14-30,31-15-9-5-10-16-31)32-17-11-6-12-18-32/h4-22,24,26,29,35H,23,25,27H2,1-3H3/t29-,35+/m1/s1. The monoisotopic (exact) mass is 675 g/mol. The van der Waals surface area contributed by atoms with E-state index in [4.69, 9.17) is 16.6 Å². The van der Waals surface area contributed by atoms with E-state index in [9.17, 15) is 8.42 Å². The highest BCUT2D eigenvalue weighted by molar-refractivity contribution is 7.90. The quantitative estimate of drug-likeness (QED) is 0.121. The van der Waals surface area contributed by atoms with Crippen molar-refractivity contribution >= 4 is 38.5 Å². The van der Waals surface area contributed by atoms with Crippen LogP contribution in [0.2, 0.25) is 5.28 Å². The van der Waals surface area contributed by atoms with Crippen LogP contribution in [0, 0.1) is 12.8 Å². The van der Waals surface area contributed by atoms with Crippen LogP contribution in [-0.4, -0.2) is 53.4 Å². The van der Waals surface area contributed by atoms with E-state index < -0.39 is 15.6 Å². The van der Waals surface area contributed by atoms with Gasteiger partial charge in [0.25, 0.3) is 10.0 Å². The van der Waals surface area contributed by atoms with Crippen LogP contribution in [0.5, 0.6) is 0 Å². The first kappa shape index (κ1) is 32.1. The van der Waals surface area contributed by atoms with Crippen molar-refractivity contribution < 1.29 is 8.42 Å². The van der Waals surface area contributed by atoms with Gasteiger partial charge in [0.05, 0.1) is 15.8 Å². The minimum atomic E-state index is -3.91. The lowest BCUT2D eigenvalue weighted by molar-refractivity contribution is 0.0897. The van der Waals surface area contributed by atoms with Crippen LogP contribution in [0.25, 0.3) is 11.0 Å². The van der Waals surface area contributed by atoms with Crippen LogP contribution in [0.15, 0.2) is 132 Å².